The first-order valence-corrected chi connectivity index (χ1v) is 7.05. The summed E-state index contributed by atoms with van der Waals surface area (Å²) in [5.41, 5.74) is 0.514. The van der Waals surface area contributed by atoms with Crippen molar-refractivity contribution >= 4 is 5.78 Å². The molecule has 1 unspecified atom stereocenters. The van der Waals surface area contributed by atoms with Crippen LogP contribution in [0.2, 0.25) is 0 Å². The highest BCUT2D eigenvalue weighted by molar-refractivity contribution is 5.88. The molecule has 0 aromatic heterocycles. The van der Waals surface area contributed by atoms with E-state index in [4.69, 9.17) is 5.26 Å². The fraction of sp³-hybridized carbons (Fsp3) is 0.500. The van der Waals surface area contributed by atoms with Gasteiger partial charge in [0, 0.05) is 6.42 Å². The van der Waals surface area contributed by atoms with Crippen molar-refractivity contribution in [2.75, 3.05) is 0 Å². The van der Waals surface area contributed by atoms with Crippen molar-refractivity contribution in [1.29, 1.82) is 5.26 Å². The van der Waals surface area contributed by atoms with Gasteiger partial charge in [0.15, 0.2) is 5.78 Å². The SMILES string of the molecule is CCCCCCC(=O)C(C#N)c1ccc(OC(F)F)cc1. The first-order chi connectivity index (χ1) is 10.1. The van der Waals surface area contributed by atoms with Gasteiger partial charge in [-0.15, -0.1) is 0 Å². The van der Waals surface area contributed by atoms with Crippen LogP contribution < -0.4 is 4.74 Å². The average molecular weight is 295 g/mol. The quantitative estimate of drug-likeness (QED) is 0.633. The Morgan fingerprint density at radius 3 is 2.43 bits per heavy atom. The Hall–Kier alpha value is -1.96. The average Bonchev–Trinajstić information content (AvgIpc) is 2.45. The number of ketones is 1. The van der Waals surface area contributed by atoms with E-state index in [1.165, 1.54) is 24.3 Å². The molecular weight excluding hydrogens is 276 g/mol. The summed E-state index contributed by atoms with van der Waals surface area (Å²) in [5, 5.41) is 9.15. The molecule has 1 atom stereocenters. The molecule has 0 fully saturated rings. The minimum atomic E-state index is -2.89. The summed E-state index contributed by atoms with van der Waals surface area (Å²) in [6, 6.07) is 7.63. The van der Waals surface area contributed by atoms with Crippen LogP contribution >= 0.6 is 0 Å². The molecular formula is C16H19F2NO2. The molecule has 114 valence electrons. The molecule has 0 N–H and O–H groups in total. The first kappa shape index (κ1) is 17.1. The van der Waals surface area contributed by atoms with E-state index >= 15 is 0 Å². The molecule has 1 rings (SSSR count). The van der Waals surface area contributed by atoms with Crippen LogP contribution in [-0.4, -0.2) is 12.4 Å². The van der Waals surface area contributed by atoms with Crippen molar-refractivity contribution in [3.63, 3.8) is 0 Å². The van der Waals surface area contributed by atoms with Gasteiger partial charge in [-0.3, -0.25) is 4.79 Å². The Bertz CT molecular complexity index is 480. The molecule has 21 heavy (non-hydrogen) atoms. The lowest BCUT2D eigenvalue weighted by atomic mass is 9.93. The number of benzene rings is 1. The minimum absolute atomic E-state index is 0.0147. The van der Waals surface area contributed by atoms with Gasteiger partial charge >= 0.3 is 6.61 Å². The Balaban J connectivity index is 2.63. The van der Waals surface area contributed by atoms with Crippen molar-refractivity contribution in [2.24, 2.45) is 0 Å². The second-order valence-electron chi connectivity index (χ2n) is 4.79. The summed E-state index contributed by atoms with van der Waals surface area (Å²) in [7, 11) is 0. The van der Waals surface area contributed by atoms with Crippen LogP contribution in [0.5, 0.6) is 5.75 Å². The van der Waals surface area contributed by atoms with E-state index in [1.54, 1.807) is 0 Å². The van der Waals surface area contributed by atoms with Crippen LogP contribution in [0.4, 0.5) is 8.78 Å². The second kappa shape index (κ2) is 9.06. The summed E-state index contributed by atoms with van der Waals surface area (Å²) >= 11 is 0. The number of rotatable bonds is 9. The van der Waals surface area contributed by atoms with Crippen molar-refractivity contribution in [1.82, 2.24) is 0 Å². The monoisotopic (exact) mass is 295 g/mol. The number of nitrogens with zero attached hydrogens (tertiary/aromatic N) is 1. The molecule has 0 aliphatic rings. The van der Waals surface area contributed by atoms with E-state index < -0.39 is 12.5 Å². The molecule has 0 aliphatic heterocycles. The number of carbonyl (C=O) groups excluding carboxylic acids is 1. The summed E-state index contributed by atoms with van der Waals surface area (Å²) in [5.74, 6) is -0.954. The van der Waals surface area contributed by atoms with Crippen molar-refractivity contribution in [2.45, 2.75) is 51.6 Å². The van der Waals surface area contributed by atoms with Gasteiger partial charge in [-0.05, 0) is 24.1 Å². The van der Waals surface area contributed by atoms with Gasteiger partial charge in [0.1, 0.15) is 11.7 Å². The van der Waals surface area contributed by atoms with Gasteiger partial charge in [-0.1, -0.05) is 38.3 Å². The predicted octanol–water partition coefficient (Wildman–Crippen LogP) is 4.43. The number of carbonyl (C=O) groups is 1. The van der Waals surface area contributed by atoms with Gasteiger partial charge in [0.05, 0.1) is 6.07 Å². The Labute approximate surface area is 123 Å². The summed E-state index contributed by atoms with van der Waals surface area (Å²) in [4.78, 5) is 12.0. The molecule has 3 nitrogen and oxygen atoms in total. The highest BCUT2D eigenvalue weighted by Crippen LogP contribution is 2.23. The van der Waals surface area contributed by atoms with Crippen LogP contribution in [0.15, 0.2) is 24.3 Å². The topological polar surface area (TPSA) is 50.1 Å². The third kappa shape index (κ3) is 5.90. The fourth-order valence-electron chi connectivity index (χ4n) is 2.04. The maximum Gasteiger partial charge on any atom is 0.387 e. The van der Waals surface area contributed by atoms with Crippen LogP contribution in [0.25, 0.3) is 0 Å². The maximum absolute atomic E-state index is 12.0. The summed E-state index contributed by atoms with van der Waals surface area (Å²) in [6.07, 6.45) is 4.28. The van der Waals surface area contributed by atoms with E-state index in [2.05, 4.69) is 11.7 Å². The Morgan fingerprint density at radius 1 is 1.24 bits per heavy atom. The predicted molar refractivity (Wildman–Crippen MR) is 75.2 cm³/mol. The van der Waals surface area contributed by atoms with Gasteiger partial charge in [-0.25, -0.2) is 0 Å². The zero-order valence-electron chi connectivity index (χ0n) is 12.0. The lowest BCUT2D eigenvalue weighted by Crippen LogP contribution is -2.11. The van der Waals surface area contributed by atoms with Crippen LogP contribution in [-0.2, 0) is 4.79 Å². The van der Waals surface area contributed by atoms with Gasteiger partial charge in [-0.2, -0.15) is 14.0 Å². The summed E-state index contributed by atoms with van der Waals surface area (Å²) in [6.45, 7) is -0.800. The second-order valence-corrected chi connectivity index (χ2v) is 4.79. The fourth-order valence-corrected chi connectivity index (χ4v) is 2.04. The normalized spacial score (nSPS) is 12.0. The molecule has 0 bridgehead atoms. The number of unbranched alkanes of at least 4 members (excludes halogenated alkanes) is 3. The smallest absolute Gasteiger partial charge is 0.387 e. The Kier molecular flexibility index (Phi) is 7.38. The van der Waals surface area contributed by atoms with Gasteiger partial charge in [0.25, 0.3) is 0 Å². The van der Waals surface area contributed by atoms with Crippen molar-refractivity contribution in [3.8, 4) is 11.8 Å². The zero-order valence-corrected chi connectivity index (χ0v) is 12.0. The number of ether oxygens (including phenoxy) is 1. The van der Waals surface area contributed by atoms with Gasteiger partial charge in [0.2, 0.25) is 0 Å². The third-order valence-electron chi connectivity index (χ3n) is 3.17. The molecule has 0 saturated carbocycles. The lowest BCUT2D eigenvalue weighted by molar-refractivity contribution is -0.119. The largest absolute Gasteiger partial charge is 0.435 e. The highest BCUT2D eigenvalue weighted by Gasteiger charge is 2.19. The molecule has 0 saturated heterocycles. The molecule has 0 radical (unpaired) electrons. The van der Waals surface area contributed by atoms with E-state index in [0.717, 1.165) is 25.7 Å². The Morgan fingerprint density at radius 2 is 1.90 bits per heavy atom. The van der Waals surface area contributed by atoms with Gasteiger partial charge < -0.3 is 4.74 Å². The maximum atomic E-state index is 12.0. The van der Waals surface area contributed by atoms with E-state index in [9.17, 15) is 13.6 Å². The lowest BCUT2D eigenvalue weighted by Gasteiger charge is -2.10. The number of Topliss-reactive ketones (excluding diaryl/α,β-unsaturated/α-hetero) is 1. The van der Waals surface area contributed by atoms with Crippen LogP contribution in [0, 0.1) is 11.3 Å². The first-order valence-electron chi connectivity index (χ1n) is 7.05. The van der Waals surface area contributed by atoms with E-state index in [-0.39, 0.29) is 11.5 Å². The zero-order chi connectivity index (χ0) is 15.7. The molecule has 1 aromatic rings. The number of hydrogen-bond acceptors (Lipinski definition) is 3. The molecule has 0 aliphatic carbocycles. The number of nitriles is 1. The third-order valence-corrected chi connectivity index (χ3v) is 3.17. The molecule has 0 spiro atoms. The van der Waals surface area contributed by atoms with Crippen molar-refractivity contribution in [3.05, 3.63) is 29.8 Å². The molecule has 1 aromatic carbocycles. The van der Waals surface area contributed by atoms with E-state index in [1.807, 2.05) is 6.07 Å². The summed E-state index contributed by atoms with van der Waals surface area (Å²) < 4.78 is 28.3. The molecule has 0 amide bonds. The number of halogens is 2. The number of hydrogen-bond donors (Lipinski definition) is 0. The minimum Gasteiger partial charge on any atom is -0.435 e. The number of alkyl halides is 2. The van der Waals surface area contributed by atoms with Crippen molar-refractivity contribution < 1.29 is 18.3 Å². The standard InChI is InChI=1S/C16H19F2NO2/c1-2-3-4-5-6-15(20)14(11-19)12-7-9-13(10-8-12)21-16(17)18/h7-10,14,16H,2-6H2,1H3. The highest BCUT2D eigenvalue weighted by atomic mass is 19.3. The van der Waals surface area contributed by atoms with Crippen LogP contribution in [0.3, 0.4) is 0 Å². The van der Waals surface area contributed by atoms with E-state index in [0.29, 0.717) is 12.0 Å². The molecule has 0 heterocycles. The van der Waals surface area contributed by atoms with Crippen LogP contribution in [0.1, 0.15) is 50.5 Å². The molecule has 5 heteroatoms.